The standard InChI is InChI=1S/C43H72N4O2/c1-5-9-13-15-17-19-31-46(29-11-7-3)33-27-42(48)44-40-25-21-23-38(36-40)35-39-24-22-26-41(37-39)45-43(49)28-34-47(30-12-8-4)32-20-18-16-14-10-6-2/h21-26,36-37H,5-20,27-35H2,1-4H3,(H,44,48)(H,45,49). The van der Waals surface area contributed by atoms with E-state index in [0.29, 0.717) is 12.8 Å². The smallest absolute Gasteiger partial charge is 0.225 e. The highest BCUT2D eigenvalue weighted by atomic mass is 16.2. The molecule has 0 unspecified atom stereocenters. The number of anilines is 2. The number of nitrogens with one attached hydrogen (secondary N) is 2. The molecule has 0 saturated heterocycles. The fourth-order valence-electron chi connectivity index (χ4n) is 6.39. The Bertz CT molecular complexity index is 1050. The second kappa shape index (κ2) is 28.0. The van der Waals surface area contributed by atoms with Crippen LogP contribution in [0.15, 0.2) is 48.5 Å². The molecule has 0 aliphatic carbocycles. The number of hydrogen-bond acceptors (Lipinski definition) is 4. The van der Waals surface area contributed by atoms with Gasteiger partial charge in [0, 0.05) is 37.3 Å². The quantitative estimate of drug-likeness (QED) is 0.0808. The van der Waals surface area contributed by atoms with E-state index in [1.54, 1.807) is 0 Å². The number of nitrogens with zero attached hydrogens (tertiary/aromatic N) is 2. The molecule has 2 N–H and O–H groups in total. The number of amides is 2. The number of carbonyl (C=O) groups is 2. The molecule has 0 atom stereocenters. The Balaban J connectivity index is 1.82. The minimum absolute atomic E-state index is 0.0755. The molecule has 0 aliphatic rings. The maximum Gasteiger partial charge on any atom is 0.225 e. The summed E-state index contributed by atoms with van der Waals surface area (Å²) >= 11 is 0. The number of unbranched alkanes of at least 4 members (excludes halogenated alkanes) is 12. The Morgan fingerprint density at radius 2 is 0.837 bits per heavy atom. The van der Waals surface area contributed by atoms with Crippen LogP contribution in [0.2, 0.25) is 0 Å². The van der Waals surface area contributed by atoms with Crippen LogP contribution in [0.4, 0.5) is 11.4 Å². The zero-order valence-electron chi connectivity index (χ0n) is 32.0. The van der Waals surface area contributed by atoms with Crippen LogP contribution in [0.1, 0.15) is 154 Å². The Hall–Kier alpha value is -2.70. The average Bonchev–Trinajstić information content (AvgIpc) is 3.09. The number of carbonyl (C=O) groups excluding carboxylic acids is 2. The van der Waals surface area contributed by atoms with E-state index in [2.05, 4.69) is 72.4 Å². The van der Waals surface area contributed by atoms with Gasteiger partial charge in [-0.15, -0.1) is 0 Å². The molecule has 276 valence electrons. The summed E-state index contributed by atoms with van der Waals surface area (Å²) in [5.41, 5.74) is 3.96. The first-order chi connectivity index (χ1) is 24.0. The van der Waals surface area contributed by atoms with Gasteiger partial charge in [-0.1, -0.05) is 129 Å². The molecule has 6 heteroatoms. The maximum atomic E-state index is 12.9. The van der Waals surface area contributed by atoms with E-state index in [9.17, 15) is 9.59 Å². The highest BCUT2D eigenvalue weighted by molar-refractivity contribution is 5.91. The van der Waals surface area contributed by atoms with Crippen molar-refractivity contribution < 1.29 is 9.59 Å². The van der Waals surface area contributed by atoms with Gasteiger partial charge >= 0.3 is 0 Å². The van der Waals surface area contributed by atoms with Crippen molar-refractivity contribution in [3.8, 4) is 0 Å². The highest BCUT2D eigenvalue weighted by Gasteiger charge is 2.11. The monoisotopic (exact) mass is 677 g/mol. The van der Waals surface area contributed by atoms with Gasteiger partial charge < -0.3 is 20.4 Å². The van der Waals surface area contributed by atoms with Gasteiger partial charge in [0.25, 0.3) is 0 Å². The van der Waals surface area contributed by atoms with E-state index in [1.165, 1.54) is 103 Å². The summed E-state index contributed by atoms with van der Waals surface area (Å²) in [6.07, 6.45) is 22.1. The van der Waals surface area contributed by atoms with Crippen LogP contribution in [-0.2, 0) is 16.0 Å². The second-order valence-electron chi connectivity index (χ2n) is 14.1. The molecule has 0 heterocycles. The third-order valence-corrected chi connectivity index (χ3v) is 9.45. The molecule has 0 spiro atoms. The number of rotatable bonds is 30. The maximum absolute atomic E-state index is 12.9. The minimum Gasteiger partial charge on any atom is -0.326 e. The minimum atomic E-state index is 0.0755. The Morgan fingerprint density at radius 1 is 0.469 bits per heavy atom. The Morgan fingerprint density at radius 3 is 1.24 bits per heavy atom. The summed E-state index contributed by atoms with van der Waals surface area (Å²) in [6, 6.07) is 16.3. The molecule has 0 fully saturated rings. The summed E-state index contributed by atoms with van der Waals surface area (Å²) in [6.45, 7) is 14.9. The van der Waals surface area contributed by atoms with E-state index in [1.807, 2.05) is 24.3 Å². The van der Waals surface area contributed by atoms with Crippen LogP contribution in [0.25, 0.3) is 0 Å². The molecule has 2 amide bonds. The second-order valence-corrected chi connectivity index (χ2v) is 14.1. The molecule has 2 rings (SSSR count). The summed E-state index contributed by atoms with van der Waals surface area (Å²) in [7, 11) is 0. The molecular formula is C43H72N4O2. The lowest BCUT2D eigenvalue weighted by molar-refractivity contribution is -0.117. The highest BCUT2D eigenvalue weighted by Crippen LogP contribution is 2.19. The molecular weight excluding hydrogens is 604 g/mol. The molecule has 0 saturated carbocycles. The van der Waals surface area contributed by atoms with Crippen molar-refractivity contribution in [1.82, 2.24) is 9.80 Å². The fraction of sp³-hybridized carbons (Fsp3) is 0.674. The first-order valence-corrected chi connectivity index (χ1v) is 20.2. The first-order valence-electron chi connectivity index (χ1n) is 20.2. The molecule has 2 aromatic rings. The van der Waals surface area contributed by atoms with E-state index in [4.69, 9.17) is 0 Å². The zero-order chi connectivity index (χ0) is 35.4. The van der Waals surface area contributed by atoms with Gasteiger partial charge in [0.15, 0.2) is 0 Å². The normalized spacial score (nSPS) is 11.4. The molecule has 0 aliphatic heterocycles. The first kappa shape index (κ1) is 42.5. The molecule has 2 aromatic carbocycles. The van der Waals surface area contributed by atoms with Crippen LogP contribution >= 0.6 is 0 Å². The average molecular weight is 677 g/mol. The predicted molar refractivity (Wildman–Crippen MR) is 212 cm³/mol. The number of hydrogen-bond donors (Lipinski definition) is 2. The van der Waals surface area contributed by atoms with Crippen molar-refractivity contribution in [2.24, 2.45) is 0 Å². The van der Waals surface area contributed by atoms with Gasteiger partial charge in [0.2, 0.25) is 11.8 Å². The van der Waals surface area contributed by atoms with E-state index < -0.39 is 0 Å². The van der Waals surface area contributed by atoms with Crippen molar-refractivity contribution in [3.05, 3.63) is 59.7 Å². The Kier molecular flexibility index (Phi) is 24.3. The van der Waals surface area contributed by atoms with Crippen LogP contribution in [-0.4, -0.2) is 60.9 Å². The summed E-state index contributed by atoms with van der Waals surface area (Å²) in [4.78, 5) is 30.8. The van der Waals surface area contributed by atoms with Crippen molar-refractivity contribution in [2.45, 2.75) is 150 Å². The van der Waals surface area contributed by atoms with Gasteiger partial charge in [-0.3, -0.25) is 9.59 Å². The third kappa shape index (κ3) is 21.2. The zero-order valence-corrected chi connectivity index (χ0v) is 32.0. The Labute approximate surface area is 301 Å². The number of benzene rings is 2. The molecule has 0 radical (unpaired) electrons. The third-order valence-electron chi connectivity index (χ3n) is 9.45. The molecule has 0 bridgehead atoms. The summed E-state index contributed by atoms with van der Waals surface area (Å²) in [5, 5.41) is 6.28. The molecule has 6 nitrogen and oxygen atoms in total. The van der Waals surface area contributed by atoms with Gasteiger partial charge in [0.1, 0.15) is 0 Å². The summed E-state index contributed by atoms with van der Waals surface area (Å²) < 4.78 is 0. The van der Waals surface area contributed by atoms with Gasteiger partial charge in [-0.2, -0.15) is 0 Å². The van der Waals surface area contributed by atoms with Gasteiger partial charge in [-0.05, 0) is 93.7 Å². The van der Waals surface area contributed by atoms with Crippen molar-refractivity contribution in [1.29, 1.82) is 0 Å². The topological polar surface area (TPSA) is 64.7 Å². The molecule has 49 heavy (non-hydrogen) atoms. The van der Waals surface area contributed by atoms with Crippen LogP contribution < -0.4 is 10.6 Å². The van der Waals surface area contributed by atoms with Gasteiger partial charge in [-0.25, -0.2) is 0 Å². The lowest BCUT2D eigenvalue weighted by Gasteiger charge is -2.22. The lowest BCUT2D eigenvalue weighted by Crippen LogP contribution is -2.30. The SMILES string of the molecule is CCCCCCCCN(CCCC)CCC(=O)Nc1cccc(Cc2cccc(NC(=O)CCN(CCCC)CCCCCCCC)c2)c1. The van der Waals surface area contributed by atoms with Crippen LogP contribution in [0.3, 0.4) is 0 Å². The van der Waals surface area contributed by atoms with Crippen molar-refractivity contribution >= 4 is 23.2 Å². The van der Waals surface area contributed by atoms with Gasteiger partial charge in [0.05, 0.1) is 0 Å². The van der Waals surface area contributed by atoms with E-state index >= 15 is 0 Å². The molecule has 0 aromatic heterocycles. The van der Waals surface area contributed by atoms with Crippen molar-refractivity contribution in [2.75, 3.05) is 49.9 Å². The van der Waals surface area contributed by atoms with E-state index in [-0.39, 0.29) is 11.8 Å². The summed E-state index contributed by atoms with van der Waals surface area (Å²) in [5.74, 6) is 0.151. The van der Waals surface area contributed by atoms with Crippen LogP contribution in [0, 0.1) is 0 Å². The largest absolute Gasteiger partial charge is 0.326 e. The fourth-order valence-corrected chi connectivity index (χ4v) is 6.39. The van der Waals surface area contributed by atoms with E-state index in [0.717, 1.165) is 68.2 Å². The van der Waals surface area contributed by atoms with Crippen LogP contribution in [0.5, 0.6) is 0 Å². The van der Waals surface area contributed by atoms with Crippen molar-refractivity contribution in [3.63, 3.8) is 0 Å². The lowest BCUT2D eigenvalue weighted by atomic mass is 10.0. The predicted octanol–water partition coefficient (Wildman–Crippen LogP) is 10.9.